The molecule has 1 aliphatic heterocycles. The van der Waals surface area contributed by atoms with Crippen molar-refractivity contribution >= 4 is 5.91 Å². The maximum atomic E-state index is 11.9. The maximum absolute atomic E-state index is 11.9. The van der Waals surface area contributed by atoms with Crippen molar-refractivity contribution in [3.63, 3.8) is 0 Å². The summed E-state index contributed by atoms with van der Waals surface area (Å²) in [5.41, 5.74) is 0.454. The van der Waals surface area contributed by atoms with Gasteiger partial charge in [0.15, 0.2) is 0 Å². The molecule has 2 aromatic heterocycles. The normalized spacial score (nSPS) is 19.9. The fraction of sp³-hybridized carbons (Fsp3) is 0.462. The Morgan fingerprint density at radius 3 is 3.15 bits per heavy atom. The topological polar surface area (TPSA) is 90.4 Å². The number of nitrogens with zero attached hydrogens (tertiary/aromatic N) is 2. The Morgan fingerprint density at radius 1 is 1.55 bits per heavy atom. The molecule has 1 amide bonds. The molecule has 0 bridgehead atoms. The van der Waals surface area contributed by atoms with Gasteiger partial charge in [-0.2, -0.15) is 4.98 Å². The second kappa shape index (κ2) is 5.46. The van der Waals surface area contributed by atoms with E-state index in [1.54, 1.807) is 13.0 Å². The highest BCUT2D eigenvalue weighted by Gasteiger charge is 2.25. The highest BCUT2D eigenvalue weighted by molar-refractivity contribution is 5.93. The quantitative estimate of drug-likeness (QED) is 0.919. The number of carbonyl (C=O) groups excluding carboxylic acids is 1. The maximum Gasteiger partial charge on any atom is 0.255 e. The molecule has 3 rings (SSSR count). The molecule has 7 heteroatoms. The van der Waals surface area contributed by atoms with Gasteiger partial charge >= 0.3 is 0 Å². The molecular formula is C13H15N3O4. The fourth-order valence-corrected chi connectivity index (χ4v) is 2.07. The van der Waals surface area contributed by atoms with Gasteiger partial charge in [0.25, 0.3) is 5.91 Å². The average Bonchev–Trinajstić information content (AvgIpc) is 3.19. The predicted molar refractivity (Wildman–Crippen MR) is 66.8 cm³/mol. The molecule has 0 unspecified atom stereocenters. The largest absolute Gasteiger partial charge is 0.472 e. The average molecular weight is 277 g/mol. The van der Waals surface area contributed by atoms with E-state index in [9.17, 15) is 4.79 Å². The van der Waals surface area contributed by atoms with Crippen LogP contribution in [0.15, 0.2) is 27.5 Å². The van der Waals surface area contributed by atoms with Crippen LogP contribution >= 0.6 is 0 Å². The summed E-state index contributed by atoms with van der Waals surface area (Å²) >= 11 is 0. The van der Waals surface area contributed by atoms with Gasteiger partial charge in [0.05, 0.1) is 11.8 Å². The van der Waals surface area contributed by atoms with E-state index < -0.39 is 0 Å². The van der Waals surface area contributed by atoms with Crippen LogP contribution in [0.4, 0.5) is 0 Å². The summed E-state index contributed by atoms with van der Waals surface area (Å²) < 4.78 is 15.5. The molecule has 1 N–H and O–H groups in total. The number of furan rings is 1. The molecule has 0 radical (unpaired) electrons. The molecule has 7 nitrogen and oxygen atoms in total. The molecule has 0 saturated carbocycles. The van der Waals surface area contributed by atoms with Crippen molar-refractivity contribution in [1.82, 2.24) is 15.5 Å². The molecule has 1 aliphatic rings. The van der Waals surface area contributed by atoms with E-state index in [2.05, 4.69) is 15.5 Å². The third-order valence-corrected chi connectivity index (χ3v) is 3.18. The monoisotopic (exact) mass is 277 g/mol. The lowest BCUT2D eigenvalue weighted by molar-refractivity contribution is 0.0931. The Balaban J connectivity index is 1.65. The standard InChI is InChI=1S/C13H15N3O4/c1-8(14-12(17)9-4-6-18-7-9)13-15-11(16-20-13)10-3-2-5-19-10/h4,6-8,10H,2-3,5H2,1H3,(H,14,17)/t8-,10+/m1/s1. The number of amides is 1. The predicted octanol–water partition coefficient (Wildman–Crippen LogP) is 2.01. The second-order valence-electron chi connectivity index (χ2n) is 4.70. The number of aromatic nitrogens is 2. The van der Waals surface area contributed by atoms with E-state index in [0.717, 1.165) is 19.4 Å². The van der Waals surface area contributed by atoms with Gasteiger partial charge in [0.2, 0.25) is 11.7 Å². The Kier molecular flexibility index (Phi) is 3.51. The van der Waals surface area contributed by atoms with Crippen molar-refractivity contribution in [3.8, 4) is 0 Å². The van der Waals surface area contributed by atoms with E-state index >= 15 is 0 Å². The van der Waals surface area contributed by atoms with Crippen LogP contribution < -0.4 is 5.32 Å². The van der Waals surface area contributed by atoms with Gasteiger partial charge in [-0.05, 0) is 25.8 Å². The SMILES string of the molecule is C[C@@H](NC(=O)c1ccoc1)c1nc([C@@H]2CCCO2)no1. The van der Waals surface area contributed by atoms with Gasteiger partial charge in [-0.3, -0.25) is 4.79 Å². The zero-order chi connectivity index (χ0) is 13.9. The smallest absolute Gasteiger partial charge is 0.255 e. The number of hydrogen-bond acceptors (Lipinski definition) is 6. The first-order chi connectivity index (χ1) is 9.74. The number of rotatable bonds is 4. The molecule has 3 heterocycles. The summed E-state index contributed by atoms with van der Waals surface area (Å²) in [6.45, 7) is 2.51. The molecule has 0 aliphatic carbocycles. The summed E-state index contributed by atoms with van der Waals surface area (Å²) in [7, 11) is 0. The minimum absolute atomic E-state index is 0.0933. The minimum Gasteiger partial charge on any atom is -0.472 e. The van der Waals surface area contributed by atoms with Crippen LogP contribution in [0, 0.1) is 0 Å². The van der Waals surface area contributed by atoms with Crippen molar-refractivity contribution in [1.29, 1.82) is 0 Å². The molecule has 0 spiro atoms. The van der Waals surface area contributed by atoms with Crippen LogP contribution in [0.25, 0.3) is 0 Å². The first-order valence-corrected chi connectivity index (χ1v) is 6.52. The van der Waals surface area contributed by atoms with Crippen molar-refractivity contribution in [2.24, 2.45) is 0 Å². The van der Waals surface area contributed by atoms with Crippen LogP contribution in [0.1, 0.15) is 54.0 Å². The molecule has 0 aromatic carbocycles. The van der Waals surface area contributed by atoms with Crippen molar-refractivity contribution in [2.75, 3.05) is 6.61 Å². The van der Waals surface area contributed by atoms with Gasteiger partial charge in [0, 0.05) is 6.61 Å². The third kappa shape index (κ3) is 2.57. The lowest BCUT2D eigenvalue weighted by Crippen LogP contribution is -2.26. The Labute approximate surface area is 115 Å². The van der Waals surface area contributed by atoms with E-state index in [4.69, 9.17) is 13.7 Å². The number of hydrogen-bond donors (Lipinski definition) is 1. The fourth-order valence-electron chi connectivity index (χ4n) is 2.07. The van der Waals surface area contributed by atoms with Gasteiger partial charge in [-0.15, -0.1) is 0 Å². The highest BCUT2D eigenvalue weighted by Crippen LogP contribution is 2.26. The first-order valence-electron chi connectivity index (χ1n) is 6.52. The van der Waals surface area contributed by atoms with Crippen molar-refractivity contribution in [2.45, 2.75) is 31.9 Å². The highest BCUT2D eigenvalue weighted by atomic mass is 16.5. The van der Waals surface area contributed by atoms with Gasteiger partial charge in [-0.1, -0.05) is 5.16 Å². The lowest BCUT2D eigenvalue weighted by Gasteiger charge is -2.08. The molecule has 1 fully saturated rings. The van der Waals surface area contributed by atoms with Crippen molar-refractivity contribution in [3.05, 3.63) is 35.9 Å². The van der Waals surface area contributed by atoms with Crippen LogP contribution in [0.5, 0.6) is 0 Å². The van der Waals surface area contributed by atoms with E-state index in [0.29, 0.717) is 17.3 Å². The number of nitrogens with one attached hydrogen (secondary N) is 1. The molecule has 20 heavy (non-hydrogen) atoms. The van der Waals surface area contributed by atoms with E-state index in [1.165, 1.54) is 12.5 Å². The zero-order valence-electron chi connectivity index (χ0n) is 11.0. The summed E-state index contributed by atoms with van der Waals surface area (Å²) in [6.07, 6.45) is 4.63. The summed E-state index contributed by atoms with van der Waals surface area (Å²) in [6, 6.07) is 1.22. The van der Waals surface area contributed by atoms with Crippen LogP contribution in [-0.4, -0.2) is 22.7 Å². The first kappa shape index (κ1) is 12.9. The van der Waals surface area contributed by atoms with E-state index in [1.807, 2.05) is 0 Å². The van der Waals surface area contributed by atoms with Gasteiger partial charge in [0.1, 0.15) is 18.4 Å². The molecule has 106 valence electrons. The third-order valence-electron chi connectivity index (χ3n) is 3.18. The minimum atomic E-state index is -0.375. The van der Waals surface area contributed by atoms with E-state index in [-0.39, 0.29) is 18.1 Å². The van der Waals surface area contributed by atoms with Gasteiger partial charge in [-0.25, -0.2) is 0 Å². The number of ether oxygens (including phenoxy) is 1. The molecular weight excluding hydrogens is 262 g/mol. The summed E-state index contributed by atoms with van der Waals surface area (Å²) in [5.74, 6) is 0.664. The van der Waals surface area contributed by atoms with Crippen LogP contribution in [0.2, 0.25) is 0 Å². The molecule has 1 saturated heterocycles. The molecule has 2 atom stereocenters. The van der Waals surface area contributed by atoms with Crippen LogP contribution in [-0.2, 0) is 4.74 Å². The zero-order valence-corrected chi connectivity index (χ0v) is 11.0. The Bertz CT molecular complexity index is 572. The molecule has 2 aromatic rings. The summed E-state index contributed by atoms with van der Waals surface area (Å²) in [4.78, 5) is 16.2. The van der Waals surface area contributed by atoms with Crippen molar-refractivity contribution < 1.29 is 18.5 Å². The lowest BCUT2D eigenvalue weighted by atomic mass is 10.2. The number of carbonyl (C=O) groups is 1. The van der Waals surface area contributed by atoms with Gasteiger partial charge < -0.3 is 19.0 Å². The second-order valence-corrected chi connectivity index (χ2v) is 4.70. The Morgan fingerprint density at radius 2 is 2.45 bits per heavy atom. The summed E-state index contributed by atoms with van der Waals surface area (Å²) in [5, 5.41) is 6.67. The Hall–Kier alpha value is -2.15. The van der Waals surface area contributed by atoms with Crippen LogP contribution in [0.3, 0.4) is 0 Å².